The SMILES string of the molecule is Nc1nc2c(s1)CC(NC(=O)C1CCCN1C(=O)[C@H](CNCC(=O)O)CC1CCCCC1)CC2. The Hall–Kier alpha value is -2.20. The first-order valence-electron chi connectivity index (χ1n) is 12.7. The van der Waals surface area contributed by atoms with Crippen molar-refractivity contribution in [2.45, 2.75) is 82.7 Å². The van der Waals surface area contributed by atoms with E-state index in [2.05, 4.69) is 15.6 Å². The summed E-state index contributed by atoms with van der Waals surface area (Å²) >= 11 is 1.49. The number of fused-ring (bicyclic) bond motifs is 1. The van der Waals surface area contributed by atoms with E-state index in [1.807, 2.05) is 0 Å². The molecule has 4 rings (SSSR count). The normalized spacial score (nSPS) is 23.9. The summed E-state index contributed by atoms with van der Waals surface area (Å²) in [6.45, 7) is 0.756. The molecule has 2 unspecified atom stereocenters. The van der Waals surface area contributed by atoms with Crippen LogP contribution in [0.5, 0.6) is 0 Å². The zero-order valence-electron chi connectivity index (χ0n) is 19.8. The van der Waals surface area contributed by atoms with Gasteiger partial charge in [0.1, 0.15) is 6.04 Å². The second-order valence-electron chi connectivity index (χ2n) is 10.0. The lowest BCUT2D eigenvalue weighted by Crippen LogP contribution is -2.52. The molecule has 9 nitrogen and oxygen atoms in total. The molecule has 10 heteroatoms. The van der Waals surface area contributed by atoms with Gasteiger partial charge in [0.2, 0.25) is 11.8 Å². The van der Waals surface area contributed by atoms with Crippen LogP contribution in [0.15, 0.2) is 0 Å². The number of nitrogens with zero attached hydrogens (tertiary/aromatic N) is 2. The van der Waals surface area contributed by atoms with Gasteiger partial charge in [-0.15, -0.1) is 11.3 Å². The number of anilines is 1. The van der Waals surface area contributed by atoms with Crippen LogP contribution < -0.4 is 16.4 Å². The molecule has 2 amide bonds. The molecule has 3 aliphatic rings. The first-order chi connectivity index (χ1) is 16.4. The molecule has 188 valence electrons. The molecule has 0 radical (unpaired) electrons. The van der Waals surface area contributed by atoms with Crippen LogP contribution in [0.2, 0.25) is 0 Å². The van der Waals surface area contributed by atoms with Crippen molar-refractivity contribution < 1.29 is 19.5 Å². The molecule has 3 atom stereocenters. The third-order valence-corrected chi connectivity index (χ3v) is 8.45. The van der Waals surface area contributed by atoms with E-state index in [1.54, 1.807) is 4.90 Å². The average Bonchev–Trinajstić information content (AvgIpc) is 3.44. The van der Waals surface area contributed by atoms with E-state index < -0.39 is 12.0 Å². The van der Waals surface area contributed by atoms with Crippen molar-refractivity contribution in [2.75, 3.05) is 25.4 Å². The topological polar surface area (TPSA) is 138 Å². The molecule has 1 saturated heterocycles. The highest BCUT2D eigenvalue weighted by molar-refractivity contribution is 7.15. The number of carbonyl (C=O) groups excluding carboxylic acids is 2. The van der Waals surface area contributed by atoms with E-state index in [1.165, 1.54) is 30.6 Å². The first kappa shape index (κ1) is 24.9. The van der Waals surface area contributed by atoms with Crippen molar-refractivity contribution in [3.8, 4) is 0 Å². The lowest BCUT2D eigenvalue weighted by molar-refractivity contribution is -0.142. The zero-order chi connectivity index (χ0) is 24.1. The van der Waals surface area contributed by atoms with Crippen LogP contribution in [0.1, 0.15) is 68.4 Å². The number of aromatic nitrogens is 1. The molecule has 34 heavy (non-hydrogen) atoms. The third-order valence-electron chi connectivity index (χ3n) is 7.50. The highest BCUT2D eigenvalue weighted by Gasteiger charge is 2.38. The Morgan fingerprint density at radius 3 is 2.71 bits per heavy atom. The van der Waals surface area contributed by atoms with Gasteiger partial charge in [0, 0.05) is 30.4 Å². The fourth-order valence-corrected chi connectivity index (χ4v) is 6.76. The van der Waals surface area contributed by atoms with Crippen molar-refractivity contribution in [1.29, 1.82) is 0 Å². The van der Waals surface area contributed by atoms with Gasteiger partial charge in [-0.25, -0.2) is 4.98 Å². The molecule has 0 aromatic carbocycles. The summed E-state index contributed by atoms with van der Waals surface area (Å²) in [5.41, 5.74) is 6.89. The number of nitrogen functional groups attached to an aromatic ring is 1. The molecule has 1 aromatic rings. The Kier molecular flexibility index (Phi) is 8.41. The number of rotatable bonds is 9. The van der Waals surface area contributed by atoms with Crippen LogP contribution in [0.25, 0.3) is 0 Å². The Balaban J connectivity index is 1.37. The molecule has 1 aromatic heterocycles. The van der Waals surface area contributed by atoms with Gasteiger partial charge < -0.3 is 26.4 Å². The summed E-state index contributed by atoms with van der Waals surface area (Å²) in [5.74, 6) is -0.824. The van der Waals surface area contributed by atoms with E-state index >= 15 is 0 Å². The lowest BCUT2D eigenvalue weighted by Gasteiger charge is -2.32. The Morgan fingerprint density at radius 2 is 1.94 bits per heavy atom. The van der Waals surface area contributed by atoms with Gasteiger partial charge in [-0.3, -0.25) is 14.4 Å². The van der Waals surface area contributed by atoms with E-state index in [0.29, 0.717) is 30.6 Å². The van der Waals surface area contributed by atoms with E-state index in [-0.39, 0.29) is 30.3 Å². The number of aliphatic carboxylic acids is 1. The van der Waals surface area contributed by atoms with Crippen molar-refractivity contribution >= 4 is 34.3 Å². The standard InChI is InChI=1S/C24H37N5O4S/c25-24-28-18-9-8-17(12-20(18)34-24)27-22(32)19-7-4-10-29(19)23(33)16(13-26-14-21(30)31)11-15-5-2-1-3-6-15/h15-17,19,26H,1-14H2,(H2,25,28)(H,27,32)(H,30,31)/t16-,17?,19?/m0/s1. The van der Waals surface area contributed by atoms with Crippen LogP contribution >= 0.6 is 11.3 Å². The average molecular weight is 492 g/mol. The quantitative estimate of drug-likeness (QED) is 0.414. The molecule has 5 N–H and O–H groups in total. The molecule has 0 spiro atoms. The minimum absolute atomic E-state index is 0.0118. The van der Waals surface area contributed by atoms with E-state index in [0.717, 1.165) is 55.5 Å². The van der Waals surface area contributed by atoms with Crippen molar-refractivity contribution in [2.24, 2.45) is 11.8 Å². The van der Waals surface area contributed by atoms with Gasteiger partial charge in [-0.1, -0.05) is 32.1 Å². The minimum atomic E-state index is -0.930. The van der Waals surface area contributed by atoms with Gasteiger partial charge in [0.05, 0.1) is 18.2 Å². The number of nitrogens with two attached hydrogens (primary N) is 1. The molecule has 1 saturated carbocycles. The fraction of sp³-hybridized carbons (Fsp3) is 0.750. The molecule has 1 aliphatic heterocycles. The highest BCUT2D eigenvalue weighted by atomic mass is 32.1. The Bertz CT molecular complexity index is 885. The van der Waals surface area contributed by atoms with Crippen LogP contribution in [0.3, 0.4) is 0 Å². The molecular formula is C24H37N5O4S. The van der Waals surface area contributed by atoms with Crippen LogP contribution in [-0.4, -0.2) is 64.5 Å². The minimum Gasteiger partial charge on any atom is -0.480 e. The molecule has 2 aliphatic carbocycles. The van der Waals surface area contributed by atoms with Gasteiger partial charge in [-0.2, -0.15) is 0 Å². The molecule has 2 fully saturated rings. The predicted molar refractivity (Wildman–Crippen MR) is 130 cm³/mol. The van der Waals surface area contributed by atoms with Crippen LogP contribution in [-0.2, 0) is 27.2 Å². The second kappa shape index (κ2) is 11.5. The lowest BCUT2D eigenvalue weighted by atomic mass is 9.82. The number of carboxylic acids is 1. The fourth-order valence-electron chi connectivity index (χ4n) is 5.80. The molecular weight excluding hydrogens is 454 g/mol. The van der Waals surface area contributed by atoms with Crippen molar-refractivity contribution in [3.63, 3.8) is 0 Å². The first-order valence-corrected chi connectivity index (χ1v) is 13.5. The number of likely N-dealkylation sites (tertiary alicyclic amines) is 1. The Morgan fingerprint density at radius 1 is 1.15 bits per heavy atom. The molecule has 2 heterocycles. The van der Waals surface area contributed by atoms with Gasteiger partial charge >= 0.3 is 5.97 Å². The number of thiazole rings is 1. The maximum atomic E-state index is 13.6. The van der Waals surface area contributed by atoms with Crippen molar-refractivity contribution in [1.82, 2.24) is 20.5 Å². The summed E-state index contributed by atoms with van der Waals surface area (Å²) in [5, 5.41) is 15.7. The van der Waals surface area contributed by atoms with Gasteiger partial charge in [-0.05, 0) is 38.0 Å². The number of amides is 2. The van der Waals surface area contributed by atoms with Crippen LogP contribution in [0.4, 0.5) is 5.13 Å². The third kappa shape index (κ3) is 6.27. The summed E-state index contributed by atoms with van der Waals surface area (Å²) < 4.78 is 0. The van der Waals surface area contributed by atoms with Gasteiger partial charge in [0.15, 0.2) is 5.13 Å². The zero-order valence-corrected chi connectivity index (χ0v) is 20.6. The summed E-state index contributed by atoms with van der Waals surface area (Å²) in [7, 11) is 0. The number of aryl methyl sites for hydroxylation is 1. The van der Waals surface area contributed by atoms with E-state index in [9.17, 15) is 14.4 Å². The van der Waals surface area contributed by atoms with Crippen molar-refractivity contribution in [3.05, 3.63) is 10.6 Å². The number of hydrogen-bond acceptors (Lipinski definition) is 7. The maximum Gasteiger partial charge on any atom is 0.317 e. The number of carboxylic acid groups (broad SMARTS) is 1. The van der Waals surface area contributed by atoms with E-state index in [4.69, 9.17) is 10.8 Å². The summed E-state index contributed by atoms with van der Waals surface area (Å²) in [6, 6.07) is -0.415. The van der Waals surface area contributed by atoms with Gasteiger partial charge in [0.25, 0.3) is 0 Å². The summed E-state index contributed by atoms with van der Waals surface area (Å²) in [6.07, 6.45) is 10.5. The smallest absolute Gasteiger partial charge is 0.317 e. The number of nitrogens with one attached hydrogen (secondary N) is 2. The largest absolute Gasteiger partial charge is 0.480 e. The second-order valence-corrected chi connectivity index (χ2v) is 11.1. The number of hydrogen-bond donors (Lipinski definition) is 4. The maximum absolute atomic E-state index is 13.6. The van der Waals surface area contributed by atoms with Crippen LogP contribution in [0, 0.1) is 11.8 Å². The monoisotopic (exact) mass is 491 g/mol. The summed E-state index contributed by atoms with van der Waals surface area (Å²) in [4.78, 5) is 45.1. The Labute approximate surface area is 204 Å². The number of carbonyl (C=O) groups is 3. The highest BCUT2D eigenvalue weighted by Crippen LogP contribution is 2.32. The molecule has 0 bridgehead atoms. The predicted octanol–water partition coefficient (Wildman–Crippen LogP) is 1.95.